The van der Waals surface area contributed by atoms with Crippen LogP contribution in [0.1, 0.15) is 49.7 Å². The van der Waals surface area contributed by atoms with Gasteiger partial charge in [0.25, 0.3) is 0 Å². The standard InChI is InChI=1S/C25H32N4O3S/c1-3-27-17(2)26-24(30)29(25(27)31)12-6-11-28-19-9-10-20(28)15-21(14-19)32-16-22-13-18-7-4-5-8-23(18)33-22/h4-5,7-8,13,19-21H,3,6,9-12,14-16H2,1-2H3. The van der Waals surface area contributed by atoms with Crippen LogP contribution in [0.4, 0.5) is 0 Å². The summed E-state index contributed by atoms with van der Waals surface area (Å²) >= 11 is 1.82. The molecule has 176 valence electrons. The van der Waals surface area contributed by atoms with Crippen molar-refractivity contribution in [2.24, 2.45) is 0 Å². The van der Waals surface area contributed by atoms with Crippen LogP contribution < -0.4 is 11.4 Å². The molecule has 0 amide bonds. The first-order valence-corrected chi connectivity index (χ1v) is 12.9. The normalized spacial score (nSPS) is 22.9. The van der Waals surface area contributed by atoms with Gasteiger partial charge >= 0.3 is 11.4 Å². The Kier molecular flexibility index (Phi) is 6.49. The Morgan fingerprint density at radius 3 is 2.58 bits per heavy atom. The molecule has 2 unspecified atom stereocenters. The van der Waals surface area contributed by atoms with E-state index < -0.39 is 5.69 Å². The number of thiophene rings is 1. The van der Waals surface area contributed by atoms with E-state index in [-0.39, 0.29) is 5.69 Å². The number of aryl methyl sites for hydroxylation is 1. The number of fused-ring (bicyclic) bond motifs is 3. The Hall–Kier alpha value is -2.29. The van der Waals surface area contributed by atoms with Crippen LogP contribution in [-0.4, -0.2) is 43.8 Å². The Balaban J connectivity index is 1.15. The summed E-state index contributed by atoms with van der Waals surface area (Å²) in [6.07, 6.45) is 5.64. The van der Waals surface area contributed by atoms with E-state index in [4.69, 9.17) is 4.74 Å². The van der Waals surface area contributed by atoms with Crippen molar-refractivity contribution in [2.75, 3.05) is 6.54 Å². The molecule has 8 heteroatoms. The molecule has 2 aliphatic rings. The largest absolute Gasteiger partial charge is 0.373 e. The second-order valence-electron chi connectivity index (χ2n) is 9.25. The molecule has 2 fully saturated rings. The minimum absolute atomic E-state index is 0.244. The van der Waals surface area contributed by atoms with Crippen LogP contribution in [0.3, 0.4) is 0 Å². The predicted octanol–water partition coefficient (Wildman–Crippen LogP) is 3.55. The molecule has 0 aliphatic carbocycles. The van der Waals surface area contributed by atoms with Crippen molar-refractivity contribution in [3.05, 3.63) is 62.0 Å². The number of hydrogen-bond acceptors (Lipinski definition) is 6. The fraction of sp³-hybridized carbons (Fsp3) is 0.560. The molecule has 2 bridgehead atoms. The summed E-state index contributed by atoms with van der Waals surface area (Å²) in [5.74, 6) is 0.486. The summed E-state index contributed by atoms with van der Waals surface area (Å²) in [6, 6.07) is 11.8. The number of benzene rings is 1. The molecule has 2 aromatic heterocycles. The summed E-state index contributed by atoms with van der Waals surface area (Å²) < 4.78 is 10.5. The molecule has 0 saturated carbocycles. The quantitative estimate of drug-likeness (QED) is 0.506. The topological polar surface area (TPSA) is 69.4 Å². The van der Waals surface area contributed by atoms with Crippen molar-refractivity contribution in [1.82, 2.24) is 19.0 Å². The molecule has 3 aromatic rings. The van der Waals surface area contributed by atoms with Gasteiger partial charge in [-0.3, -0.25) is 9.47 Å². The van der Waals surface area contributed by atoms with Gasteiger partial charge in [-0.15, -0.1) is 11.3 Å². The highest BCUT2D eigenvalue weighted by Gasteiger charge is 2.40. The van der Waals surface area contributed by atoms with Crippen LogP contribution in [0.15, 0.2) is 39.9 Å². The number of aromatic nitrogens is 3. The fourth-order valence-corrected chi connectivity index (χ4v) is 6.61. The van der Waals surface area contributed by atoms with E-state index in [0.29, 0.717) is 43.7 Å². The van der Waals surface area contributed by atoms with Crippen LogP contribution in [-0.2, 0) is 24.4 Å². The van der Waals surface area contributed by atoms with Gasteiger partial charge in [-0.1, -0.05) is 18.2 Å². The molecule has 2 saturated heterocycles. The van der Waals surface area contributed by atoms with E-state index in [1.807, 2.05) is 18.3 Å². The van der Waals surface area contributed by atoms with Crippen LogP contribution in [0, 0.1) is 6.92 Å². The van der Waals surface area contributed by atoms with Crippen LogP contribution in [0.5, 0.6) is 0 Å². The molecule has 0 radical (unpaired) electrons. The third kappa shape index (κ3) is 4.56. The second-order valence-corrected chi connectivity index (χ2v) is 10.4. The first kappa shape index (κ1) is 22.5. The average Bonchev–Trinajstić information content (AvgIpc) is 3.31. The molecule has 0 N–H and O–H groups in total. The number of rotatable bonds is 8. The lowest BCUT2D eigenvalue weighted by Gasteiger charge is -2.38. The fourth-order valence-electron chi connectivity index (χ4n) is 5.63. The lowest BCUT2D eigenvalue weighted by atomic mass is 9.99. The van der Waals surface area contributed by atoms with Crippen molar-refractivity contribution in [3.8, 4) is 0 Å². The van der Waals surface area contributed by atoms with Crippen molar-refractivity contribution < 1.29 is 4.74 Å². The maximum absolute atomic E-state index is 12.6. The van der Waals surface area contributed by atoms with E-state index in [1.54, 1.807) is 11.5 Å². The number of hydrogen-bond donors (Lipinski definition) is 0. The SMILES string of the molecule is CCn1c(C)nc(=O)n(CCCN2C3CCC2CC(OCc2cc4ccccc4s2)C3)c1=O. The number of nitrogens with zero attached hydrogens (tertiary/aromatic N) is 4. The molecular weight excluding hydrogens is 436 g/mol. The molecule has 0 spiro atoms. The molecule has 33 heavy (non-hydrogen) atoms. The molecular formula is C25H32N4O3S. The van der Waals surface area contributed by atoms with Crippen LogP contribution in [0.25, 0.3) is 10.1 Å². The summed E-state index contributed by atoms with van der Waals surface area (Å²) in [6.45, 7) is 6.15. The zero-order valence-corrected chi connectivity index (χ0v) is 20.2. The van der Waals surface area contributed by atoms with Gasteiger partial charge in [-0.25, -0.2) is 14.2 Å². The van der Waals surface area contributed by atoms with E-state index in [1.165, 1.54) is 32.4 Å². The summed E-state index contributed by atoms with van der Waals surface area (Å²) in [7, 11) is 0. The number of piperidine rings is 1. The van der Waals surface area contributed by atoms with E-state index in [9.17, 15) is 9.59 Å². The second kappa shape index (κ2) is 9.52. The highest BCUT2D eigenvalue weighted by molar-refractivity contribution is 7.19. The third-order valence-corrected chi connectivity index (χ3v) is 8.32. The summed E-state index contributed by atoms with van der Waals surface area (Å²) in [4.78, 5) is 32.8. The summed E-state index contributed by atoms with van der Waals surface area (Å²) in [5.41, 5.74) is -0.676. The maximum atomic E-state index is 12.6. The van der Waals surface area contributed by atoms with Gasteiger partial charge in [0, 0.05) is 41.3 Å². The Labute approximate surface area is 197 Å². The van der Waals surface area contributed by atoms with Gasteiger partial charge in [-0.2, -0.15) is 4.98 Å². The predicted molar refractivity (Wildman–Crippen MR) is 131 cm³/mol. The van der Waals surface area contributed by atoms with Gasteiger partial charge in [0.2, 0.25) is 0 Å². The zero-order valence-electron chi connectivity index (χ0n) is 19.4. The summed E-state index contributed by atoms with van der Waals surface area (Å²) in [5, 5.41) is 1.30. The van der Waals surface area contributed by atoms with E-state index in [2.05, 4.69) is 40.2 Å². The minimum atomic E-state index is -0.432. The Morgan fingerprint density at radius 1 is 1.09 bits per heavy atom. The molecule has 5 rings (SSSR count). The first-order valence-electron chi connectivity index (χ1n) is 12.1. The molecule has 2 aliphatic heterocycles. The van der Waals surface area contributed by atoms with Gasteiger partial charge in [-0.05, 0) is 63.5 Å². The van der Waals surface area contributed by atoms with Gasteiger partial charge in [0.15, 0.2) is 0 Å². The lowest BCUT2D eigenvalue weighted by Crippen LogP contribution is -2.47. The monoisotopic (exact) mass is 468 g/mol. The van der Waals surface area contributed by atoms with E-state index in [0.717, 1.165) is 25.8 Å². The van der Waals surface area contributed by atoms with Crippen molar-refractivity contribution in [1.29, 1.82) is 0 Å². The van der Waals surface area contributed by atoms with Crippen LogP contribution >= 0.6 is 11.3 Å². The Morgan fingerprint density at radius 2 is 1.85 bits per heavy atom. The van der Waals surface area contributed by atoms with Crippen molar-refractivity contribution in [2.45, 2.75) is 83.8 Å². The Bertz CT molecular complexity index is 1200. The third-order valence-electron chi connectivity index (χ3n) is 7.23. The maximum Gasteiger partial charge on any atom is 0.353 e. The smallest absolute Gasteiger partial charge is 0.353 e. The van der Waals surface area contributed by atoms with E-state index >= 15 is 0 Å². The highest BCUT2D eigenvalue weighted by atomic mass is 32.1. The van der Waals surface area contributed by atoms with Gasteiger partial charge in [0.1, 0.15) is 5.82 Å². The van der Waals surface area contributed by atoms with Gasteiger partial charge in [0.05, 0.1) is 12.7 Å². The average molecular weight is 469 g/mol. The highest BCUT2D eigenvalue weighted by Crippen LogP contribution is 2.37. The van der Waals surface area contributed by atoms with Gasteiger partial charge < -0.3 is 4.74 Å². The van der Waals surface area contributed by atoms with Crippen molar-refractivity contribution >= 4 is 21.4 Å². The molecule has 2 atom stereocenters. The van der Waals surface area contributed by atoms with Crippen LogP contribution in [0.2, 0.25) is 0 Å². The minimum Gasteiger partial charge on any atom is -0.373 e. The van der Waals surface area contributed by atoms with Crippen molar-refractivity contribution in [3.63, 3.8) is 0 Å². The number of ether oxygens (including phenoxy) is 1. The molecule has 4 heterocycles. The first-order chi connectivity index (χ1) is 16.0. The molecule has 7 nitrogen and oxygen atoms in total. The zero-order chi connectivity index (χ0) is 22.9. The molecule has 1 aromatic carbocycles. The lowest BCUT2D eigenvalue weighted by molar-refractivity contribution is -0.0277.